The Kier molecular flexibility index (Phi) is 6.03. The maximum Gasteiger partial charge on any atom is 0.410 e. The van der Waals surface area contributed by atoms with Gasteiger partial charge in [0.1, 0.15) is 11.6 Å². The Hall–Kier alpha value is -2.08. The van der Waals surface area contributed by atoms with Crippen LogP contribution < -0.4 is 0 Å². The van der Waals surface area contributed by atoms with Crippen molar-refractivity contribution in [2.45, 2.75) is 76.5 Å². The second kappa shape index (κ2) is 8.45. The quantitative estimate of drug-likeness (QED) is 0.609. The number of amides is 1. The minimum absolute atomic E-state index is 0.0529. The van der Waals surface area contributed by atoms with Gasteiger partial charge in [0.25, 0.3) is 0 Å². The van der Waals surface area contributed by atoms with Gasteiger partial charge in [0.2, 0.25) is 0 Å². The molecule has 170 valence electrons. The van der Waals surface area contributed by atoms with Crippen LogP contribution in [0.25, 0.3) is 0 Å². The molecule has 1 unspecified atom stereocenters. The number of carbonyl (C=O) groups is 2. The summed E-state index contributed by atoms with van der Waals surface area (Å²) >= 11 is 0. The summed E-state index contributed by atoms with van der Waals surface area (Å²) in [7, 11) is 1.47. The molecule has 0 N–H and O–H groups in total. The van der Waals surface area contributed by atoms with Crippen LogP contribution in [0.3, 0.4) is 0 Å². The minimum atomic E-state index is -0.520. The maximum absolute atomic E-state index is 13.2. The van der Waals surface area contributed by atoms with Crippen molar-refractivity contribution in [1.82, 2.24) is 9.80 Å². The van der Waals surface area contributed by atoms with Crippen molar-refractivity contribution in [3.63, 3.8) is 0 Å². The SMILES string of the molecule is COC(=O)[C@H]1CCCN1CC1(CN(C(=O)OC(C)(C)C)[C@H]2CC2c2ccccc2)CC1. The zero-order valence-corrected chi connectivity index (χ0v) is 19.3. The van der Waals surface area contributed by atoms with Crippen LogP contribution in [0.5, 0.6) is 0 Å². The van der Waals surface area contributed by atoms with E-state index in [1.807, 2.05) is 31.7 Å². The molecule has 0 bridgehead atoms. The van der Waals surface area contributed by atoms with Crippen molar-refractivity contribution in [2.75, 3.05) is 26.7 Å². The van der Waals surface area contributed by atoms with Crippen LogP contribution >= 0.6 is 0 Å². The summed E-state index contributed by atoms with van der Waals surface area (Å²) in [4.78, 5) is 29.6. The Balaban J connectivity index is 1.47. The molecule has 0 spiro atoms. The molecule has 0 aromatic heterocycles. The molecule has 31 heavy (non-hydrogen) atoms. The lowest BCUT2D eigenvalue weighted by Gasteiger charge is -2.33. The first-order valence-electron chi connectivity index (χ1n) is 11.6. The molecule has 4 rings (SSSR count). The van der Waals surface area contributed by atoms with Crippen LogP contribution in [-0.2, 0) is 14.3 Å². The number of esters is 1. The molecule has 2 saturated carbocycles. The third-order valence-corrected chi connectivity index (χ3v) is 6.85. The summed E-state index contributed by atoms with van der Waals surface area (Å²) < 4.78 is 10.8. The second-order valence-electron chi connectivity index (χ2n) is 10.6. The normalized spacial score (nSPS) is 26.9. The highest BCUT2D eigenvalue weighted by Crippen LogP contribution is 2.52. The van der Waals surface area contributed by atoms with E-state index < -0.39 is 5.60 Å². The first kappa shape index (κ1) is 22.1. The molecule has 2 aliphatic carbocycles. The van der Waals surface area contributed by atoms with E-state index in [2.05, 4.69) is 29.2 Å². The Morgan fingerprint density at radius 2 is 1.90 bits per heavy atom. The molecule has 6 heteroatoms. The molecule has 3 fully saturated rings. The highest BCUT2D eigenvalue weighted by molar-refractivity contribution is 5.76. The number of carbonyl (C=O) groups excluding carboxylic acids is 2. The topological polar surface area (TPSA) is 59.1 Å². The van der Waals surface area contributed by atoms with Crippen LogP contribution in [0, 0.1) is 5.41 Å². The molecular formula is C25H36N2O4. The lowest BCUT2D eigenvalue weighted by atomic mass is 10.0. The summed E-state index contributed by atoms with van der Waals surface area (Å²) in [6.07, 6.45) is 4.81. The number of rotatable bonds is 7. The summed E-state index contributed by atoms with van der Waals surface area (Å²) in [6.45, 7) is 8.22. The number of hydrogen-bond acceptors (Lipinski definition) is 5. The molecule has 1 amide bonds. The summed E-state index contributed by atoms with van der Waals surface area (Å²) in [6, 6.07) is 10.5. The predicted molar refractivity (Wildman–Crippen MR) is 119 cm³/mol. The number of likely N-dealkylation sites (tertiary alicyclic amines) is 1. The van der Waals surface area contributed by atoms with Crippen molar-refractivity contribution >= 4 is 12.1 Å². The van der Waals surface area contributed by atoms with Gasteiger partial charge in [-0.3, -0.25) is 9.69 Å². The highest BCUT2D eigenvalue weighted by atomic mass is 16.6. The highest BCUT2D eigenvalue weighted by Gasteiger charge is 2.53. The molecular weight excluding hydrogens is 392 g/mol. The number of nitrogens with zero attached hydrogens (tertiary/aromatic N) is 2. The fourth-order valence-corrected chi connectivity index (χ4v) is 4.98. The summed E-state index contributed by atoms with van der Waals surface area (Å²) in [5, 5.41) is 0. The van der Waals surface area contributed by atoms with Crippen molar-refractivity contribution in [3.8, 4) is 0 Å². The van der Waals surface area contributed by atoms with E-state index in [1.165, 1.54) is 12.7 Å². The zero-order valence-electron chi connectivity index (χ0n) is 19.3. The van der Waals surface area contributed by atoms with Gasteiger partial charge in [0.05, 0.1) is 7.11 Å². The smallest absolute Gasteiger partial charge is 0.410 e. The van der Waals surface area contributed by atoms with Crippen molar-refractivity contribution in [2.24, 2.45) is 5.41 Å². The van der Waals surface area contributed by atoms with Crippen molar-refractivity contribution in [3.05, 3.63) is 35.9 Å². The van der Waals surface area contributed by atoms with E-state index in [1.54, 1.807) is 0 Å². The predicted octanol–water partition coefficient (Wildman–Crippen LogP) is 4.20. The van der Waals surface area contributed by atoms with Crippen molar-refractivity contribution in [1.29, 1.82) is 0 Å². The first-order chi connectivity index (χ1) is 14.7. The fraction of sp³-hybridized carbons (Fsp3) is 0.680. The maximum atomic E-state index is 13.2. The van der Waals surface area contributed by atoms with Gasteiger partial charge in [-0.15, -0.1) is 0 Å². The van der Waals surface area contributed by atoms with Crippen molar-refractivity contribution < 1.29 is 19.1 Å². The van der Waals surface area contributed by atoms with Gasteiger partial charge in [-0.25, -0.2) is 4.79 Å². The number of methoxy groups -OCH3 is 1. The van der Waals surface area contributed by atoms with Crippen LogP contribution in [0.15, 0.2) is 30.3 Å². The van der Waals surface area contributed by atoms with Gasteiger partial charge >= 0.3 is 12.1 Å². The van der Waals surface area contributed by atoms with E-state index in [0.29, 0.717) is 12.5 Å². The molecule has 3 aliphatic rings. The minimum Gasteiger partial charge on any atom is -0.468 e. The van der Waals surface area contributed by atoms with Gasteiger partial charge in [-0.2, -0.15) is 0 Å². The lowest BCUT2D eigenvalue weighted by Crippen LogP contribution is -2.46. The standard InChI is InChI=1S/C25H36N2O4/c1-24(2,3)31-23(29)27(21-15-19(21)18-9-6-5-7-10-18)17-25(12-13-25)16-26-14-8-11-20(26)22(28)30-4/h5-7,9-10,19-21H,8,11-17H2,1-4H3/t19?,20-,21+/m1/s1. The molecule has 3 atom stereocenters. The van der Waals surface area contributed by atoms with Gasteiger partial charge in [-0.1, -0.05) is 30.3 Å². The molecule has 1 aromatic carbocycles. The lowest BCUT2D eigenvalue weighted by molar-refractivity contribution is -0.146. The summed E-state index contributed by atoms with van der Waals surface area (Å²) in [5.41, 5.74) is 0.821. The number of benzene rings is 1. The van der Waals surface area contributed by atoms with E-state index in [-0.39, 0.29) is 29.6 Å². The van der Waals surface area contributed by atoms with E-state index in [4.69, 9.17) is 9.47 Å². The van der Waals surface area contributed by atoms with E-state index in [9.17, 15) is 9.59 Å². The van der Waals surface area contributed by atoms with Crippen LogP contribution in [0.1, 0.15) is 64.4 Å². The van der Waals surface area contributed by atoms with Crippen LogP contribution in [-0.4, -0.2) is 66.3 Å². The average molecular weight is 429 g/mol. The second-order valence-corrected chi connectivity index (χ2v) is 10.6. The Labute approximate surface area is 185 Å². The van der Waals surface area contributed by atoms with E-state index in [0.717, 1.165) is 45.2 Å². The third-order valence-electron chi connectivity index (χ3n) is 6.85. The molecule has 6 nitrogen and oxygen atoms in total. The summed E-state index contributed by atoms with van der Waals surface area (Å²) in [5.74, 6) is 0.239. The first-order valence-corrected chi connectivity index (χ1v) is 11.6. The largest absolute Gasteiger partial charge is 0.468 e. The number of ether oxygens (including phenoxy) is 2. The molecule has 1 aromatic rings. The third kappa shape index (κ3) is 5.22. The van der Waals surface area contributed by atoms with Gasteiger partial charge in [-0.05, 0) is 65.0 Å². The van der Waals surface area contributed by atoms with Gasteiger partial charge < -0.3 is 14.4 Å². The fourth-order valence-electron chi connectivity index (χ4n) is 4.98. The molecule has 0 radical (unpaired) electrons. The molecule has 1 saturated heterocycles. The van der Waals surface area contributed by atoms with Crippen LogP contribution in [0.2, 0.25) is 0 Å². The van der Waals surface area contributed by atoms with E-state index >= 15 is 0 Å². The van der Waals surface area contributed by atoms with Gasteiger partial charge in [0.15, 0.2) is 0 Å². The molecule has 1 heterocycles. The average Bonchev–Trinajstić information content (AvgIpc) is 3.62. The Bertz CT molecular complexity index is 799. The monoisotopic (exact) mass is 428 g/mol. The Morgan fingerprint density at radius 3 is 2.52 bits per heavy atom. The number of hydrogen-bond donors (Lipinski definition) is 0. The van der Waals surface area contributed by atoms with Gasteiger partial charge in [0, 0.05) is 30.5 Å². The zero-order chi connectivity index (χ0) is 22.2. The molecule has 1 aliphatic heterocycles. The van der Waals surface area contributed by atoms with Crippen LogP contribution in [0.4, 0.5) is 4.79 Å². The Morgan fingerprint density at radius 1 is 1.19 bits per heavy atom.